The maximum absolute atomic E-state index is 9.80. The highest BCUT2D eigenvalue weighted by Crippen LogP contribution is 2.29. The van der Waals surface area contributed by atoms with Crippen molar-refractivity contribution in [2.45, 2.75) is 56.8 Å². The normalized spacial score (nSPS) is 29.8. The van der Waals surface area contributed by atoms with Crippen molar-refractivity contribution in [3.05, 3.63) is 18.0 Å². The fourth-order valence-electron chi connectivity index (χ4n) is 2.43. The van der Waals surface area contributed by atoms with Gasteiger partial charge in [0.15, 0.2) is 0 Å². The second kappa shape index (κ2) is 4.18. The average Bonchev–Trinajstić information content (AvgIpc) is 2.82. The molecule has 4 heteroatoms. The molecule has 0 aromatic carbocycles. The van der Waals surface area contributed by atoms with Gasteiger partial charge in [-0.2, -0.15) is 5.10 Å². The molecule has 0 bridgehead atoms. The predicted octanol–water partition coefficient (Wildman–Crippen LogP) is 1.22. The Morgan fingerprint density at radius 3 is 2.94 bits per heavy atom. The lowest BCUT2D eigenvalue weighted by Crippen LogP contribution is -2.18. The topological polar surface area (TPSA) is 50.1 Å². The van der Waals surface area contributed by atoms with Gasteiger partial charge in [0.25, 0.3) is 0 Å². The highest BCUT2D eigenvalue weighted by atomic mass is 16.3. The van der Waals surface area contributed by atoms with Crippen LogP contribution < -0.4 is 5.32 Å². The lowest BCUT2D eigenvalue weighted by atomic mass is 10.2. The van der Waals surface area contributed by atoms with Crippen LogP contribution in [-0.2, 0) is 6.54 Å². The third kappa shape index (κ3) is 2.13. The highest BCUT2D eigenvalue weighted by molar-refractivity contribution is 5.06. The summed E-state index contributed by atoms with van der Waals surface area (Å²) in [6.07, 6.45) is 9.50. The first-order valence-corrected chi connectivity index (χ1v) is 6.27. The van der Waals surface area contributed by atoms with Gasteiger partial charge in [0.1, 0.15) is 0 Å². The molecule has 2 aliphatic carbocycles. The molecule has 1 aromatic rings. The van der Waals surface area contributed by atoms with Crippen molar-refractivity contribution in [1.82, 2.24) is 15.1 Å². The third-order valence-electron chi connectivity index (χ3n) is 3.61. The Balaban J connectivity index is 1.62. The Morgan fingerprint density at radius 1 is 1.38 bits per heavy atom. The minimum Gasteiger partial charge on any atom is -0.391 e. The molecule has 0 spiro atoms. The van der Waals surface area contributed by atoms with Crippen LogP contribution in [-0.4, -0.2) is 27.0 Å². The maximum Gasteiger partial charge on any atom is 0.0778 e. The van der Waals surface area contributed by atoms with Crippen LogP contribution in [0.1, 0.15) is 43.7 Å². The zero-order chi connectivity index (χ0) is 11.0. The number of nitrogens with one attached hydrogen (secondary N) is 1. The fraction of sp³-hybridized carbons (Fsp3) is 0.750. The van der Waals surface area contributed by atoms with Crippen LogP contribution in [0.5, 0.6) is 0 Å². The van der Waals surface area contributed by atoms with E-state index < -0.39 is 0 Å². The maximum atomic E-state index is 9.80. The summed E-state index contributed by atoms with van der Waals surface area (Å²) in [5.41, 5.74) is 1.23. The van der Waals surface area contributed by atoms with Gasteiger partial charge in [0, 0.05) is 24.3 Å². The predicted molar refractivity (Wildman–Crippen MR) is 61.0 cm³/mol. The molecule has 2 unspecified atom stereocenters. The average molecular weight is 221 g/mol. The molecule has 0 saturated heterocycles. The van der Waals surface area contributed by atoms with Gasteiger partial charge in [-0.1, -0.05) is 0 Å². The van der Waals surface area contributed by atoms with Gasteiger partial charge in [0.05, 0.1) is 18.3 Å². The Bertz CT molecular complexity index is 359. The van der Waals surface area contributed by atoms with Gasteiger partial charge >= 0.3 is 0 Å². The smallest absolute Gasteiger partial charge is 0.0778 e. The number of hydrogen-bond donors (Lipinski definition) is 2. The summed E-state index contributed by atoms with van der Waals surface area (Å²) in [4.78, 5) is 0. The molecule has 4 nitrogen and oxygen atoms in total. The van der Waals surface area contributed by atoms with E-state index in [4.69, 9.17) is 0 Å². The lowest BCUT2D eigenvalue weighted by Gasteiger charge is -2.14. The molecule has 1 aromatic heterocycles. The summed E-state index contributed by atoms with van der Waals surface area (Å²) in [6, 6.07) is 0.940. The Kier molecular flexibility index (Phi) is 2.69. The van der Waals surface area contributed by atoms with Crippen LogP contribution >= 0.6 is 0 Å². The van der Waals surface area contributed by atoms with Crippen LogP contribution in [0.4, 0.5) is 0 Å². The van der Waals surface area contributed by atoms with E-state index in [0.29, 0.717) is 0 Å². The molecule has 2 N–H and O–H groups in total. The first kappa shape index (κ1) is 10.3. The molecular formula is C12H19N3O. The summed E-state index contributed by atoms with van der Waals surface area (Å²) in [7, 11) is 0. The number of aromatic nitrogens is 2. The monoisotopic (exact) mass is 221 g/mol. The van der Waals surface area contributed by atoms with Crippen LogP contribution in [0.3, 0.4) is 0 Å². The molecule has 88 valence electrons. The van der Waals surface area contributed by atoms with Gasteiger partial charge in [-0.05, 0) is 32.1 Å². The minimum absolute atomic E-state index is 0.203. The second-order valence-electron chi connectivity index (χ2n) is 5.05. The second-order valence-corrected chi connectivity index (χ2v) is 5.05. The molecule has 3 rings (SSSR count). The standard InChI is InChI=1S/C12H19N3O/c16-12-3-1-2-11(12)15-8-9(7-14-15)6-13-10-4-5-10/h7-8,10-13,16H,1-6H2. The first-order valence-electron chi connectivity index (χ1n) is 6.27. The lowest BCUT2D eigenvalue weighted by molar-refractivity contribution is 0.130. The van der Waals surface area contributed by atoms with Crippen molar-refractivity contribution in [3.8, 4) is 0 Å². The molecule has 2 fully saturated rings. The van der Waals surface area contributed by atoms with E-state index in [1.165, 1.54) is 18.4 Å². The largest absolute Gasteiger partial charge is 0.391 e. The van der Waals surface area contributed by atoms with E-state index in [9.17, 15) is 5.11 Å². The van der Waals surface area contributed by atoms with Crippen LogP contribution in [0.15, 0.2) is 12.4 Å². The molecule has 0 amide bonds. The molecule has 2 atom stereocenters. The zero-order valence-electron chi connectivity index (χ0n) is 9.47. The first-order chi connectivity index (χ1) is 7.83. The van der Waals surface area contributed by atoms with Gasteiger partial charge in [-0.25, -0.2) is 0 Å². The van der Waals surface area contributed by atoms with Crippen LogP contribution in [0, 0.1) is 0 Å². The fourth-order valence-corrected chi connectivity index (χ4v) is 2.43. The van der Waals surface area contributed by atoms with Crippen molar-refractivity contribution < 1.29 is 5.11 Å². The molecule has 0 radical (unpaired) electrons. The quantitative estimate of drug-likeness (QED) is 0.803. The number of aliphatic hydroxyl groups is 1. The van der Waals surface area contributed by atoms with E-state index >= 15 is 0 Å². The summed E-state index contributed by atoms with van der Waals surface area (Å²) < 4.78 is 1.95. The highest BCUT2D eigenvalue weighted by Gasteiger charge is 2.27. The van der Waals surface area contributed by atoms with E-state index in [0.717, 1.165) is 31.8 Å². The summed E-state index contributed by atoms with van der Waals surface area (Å²) in [5, 5.41) is 17.6. The SMILES string of the molecule is OC1CCCC1n1cc(CNC2CC2)cn1. The molecule has 0 aliphatic heterocycles. The Labute approximate surface area is 95.7 Å². The molecule has 1 heterocycles. The van der Waals surface area contributed by atoms with Crippen molar-refractivity contribution in [3.63, 3.8) is 0 Å². The van der Waals surface area contributed by atoms with Crippen molar-refractivity contribution in [2.24, 2.45) is 0 Å². The number of hydrogen-bond acceptors (Lipinski definition) is 3. The molecule has 2 aliphatic rings. The van der Waals surface area contributed by atoms with E-state index in [-0.39, 0.29) is 12.1 Å². The van der Waals surface area contributed by atoms with Gasteiger partial charge < -0.3 is 10.4 Å². The van der Waals surface area contributed by atoms with Crippen molar-refractivity contribution in [1.29, 1.82) is 0 Å². The summed E-state index contributed by atoms with van der Waals surface area (Å²) in [5.74, 6) is 0. The van der Waals surface area contributed by atoms with Gasteiger partial charge in [-0.3, -0.25) is 4.68 Å². The van der Waals surface area contributed by atoms with E-state index in [2.05, 4.69) is 16.6 Å². The molecule has 16 heavy (non-hydrogen) atoms. The van der Waals surface area contributed by atoms with E-state index in [1.54, 1.807) is 0 Å². The van der Waals surface area contributed by atoms with Crippen molar-refractivity contribution >= 4 is 0 Å². The molecular weight excluding hydrogens is 202 g/mol. The Morgan fingerprint density at radius 2 is 2.25 bits per heavy atom. The summed E-state index contributed by atoms with van der Waals surface area (Å²) in [6.45, 7) is 0.910. The number of nitrogens with zero attached hydrogens (tertiary/aromatic N) is 2. The van der Waals surface area contributed by atoms with Gasteiger partial charge in [0.2, 0.25) is 0 Å². The number of aliphatic hydroxyl groups excluding tert-OH is 1. The summed E-state index contributed by atoms with van der Waals surface area (Å²) >= 11 is 0. The van der Waals surface area contributed by atoms with Crippen molar-refractivity contribution in [2.75, 3.05) is 0 Å². The third-order valence-corrected chi connectivity index (χ3v) is 3.61. The molecule has 2 saturated carbocycles. The zero-order valence-corrected chi connectivity index (χ0v) is 9.47. The number of rotatable bonds is 4. The van der Waals surface area contributed by atoms with Gasteiger partial charge in [-0.15, -0.1) is 0 Å². The minimum atomic E-state index is -0.204. The van der Waals surface area contributed by atoms with Crippen LogP contribution in [0.2, 0.25) is 0 Å². The Hall–Kier alpha value is -0.870. The van der Waals surface area contributed by atoms with E-state index in [1.807, 2.05) is 10.9 Å². The van der Waals surface area contributed by atoms with Crippen LogP contribution in [0.25, 0.3) is 0 Å².